The van der Waals surface area contributed by atoms with Gasteiger partial charge in [0.15, 0.2) is 0 Å². The molecule has 0 aromatic rings. The quantitative estimate of drug-likeness (QED) is 0.340. The summed E-state index contributed by atoms with van der Waals surface area (Å²) in [5.74, 6) is 0.972. The van der Waals surface area contributed by atoms with Crippen LogP contribution < -0.4 is 11.1 Å². The van der Waals surface area contributed by atoms with Gasteiger partial charge in [-0.2, -0.15) is 0 Å². The molecule has 2 saturated heterocycles. The standard InChI is InChI=1S/C24H46N4O3/c25-13-3-15-27-17-9-21(10-18-27)5-1-6-22-11-19-28(20-12-22)16-4-14-26-23(29)7-2-8-24(30)31/h21-22H,1-20,25H2,(H,26,29)(H,30,31). The zero-order chi connectivity index (χ0) is 22.3. The van der Waals surface area contributed by atoms with Gasteiger partial charge in [-0.15, -0.1) is 0 Å². The van der Waals surface area contributed by atoms with E-state index in [0.717, 1.165) is 37.8 Å². The van der Waals surface area contributed by atoms with Gasteiger partial charge >= 0.3 is 5.97 Å². The van der Waals surface area contributed by atoms with Crippen molar-refractivity contribution in [1.29, 1.82) is 0 Å². The second-order valence-corrected chi connectivity index (χ2v) is 9.59. The van der Waals surface area contributed by atoms with E-state index in [2.05, 4.69) is 15.1 Å². The van der Waals surface area contributed by atoms with Crippen molar-refractivity contribution in [1.82, 2.24) is 15.1 Å². The van der Waals surface area contributed by atoms with E-state index in [4.69, 9.17) is 10.8 Å². The van der Waals surface area contributed by atoms with Crippen LogP contribution in [0.3, 0.4) is 0 Å². The third-order valence-electron chi connectivity index (χ3n) is 7.09. The number of nitrogens with one attached hydrogen (secondary N) is 1. The Labute approximate surface area is 189 Å². The third-order valence-corrected chi connectivity index (χ3v) is 7.09. The average molecular weight is 439 g/mol. The smallest absolute Gasteiger partial charge is 0.303 e. The summed E-state index contributed by atoms with van der Waals surface area (Å²) in [5, 5.41) is 11.5. The van der Waals surface area contributed by atoms with Gasteiger partial charge in [-0.3, -0.25) is 9.59 Å². The topological polar surface area (TPSA) is 98.9 Å². The minimum Gasteiger partial charge on any atom is -0.481 e. The zero-order valence-electron chi connectivity index (χ0n) is 19.5. The van der Waals surface area contributed by atoms with Crippen molar-refractivity contribution < 1.29 is 14.7 Å². The van der Waals surface area contributed by atoms with Crippen LogP contribution in [0, 0.1) is 11.8 Å². The highest BCUT2D eigenvalue weighted by molar-refractivity contribution is 5.76. The lowest BCUT2D eigenvalue weighted by atomic mass is 9.87. The molecule has 0 aromatic heterocycles. The second-order valence-electron chi connectivity index (χ2n) is 9.59. The molecule has 7 heteroatoms. The first-order valence-corrected chi connectivity index (χ1v) is 12.7. The van der Waals surface area contributed by atoms with E-state index >= 15 is 0 Å². The molecule has 2 fully saturated rings. The van der Waals surface area contributed by atoms with Crippen molar-refractivity contribution >= 4 is 11.9 Å². The van der Waals surface area contributed by atoms with Gasteiger partial charge in [0.05, 0.1) is 0 Å². The Morgan fingerprint density at radius 2 is 1.35 bits per heavy atom. The van der Waals surface area contributed by atoms with Crippen LogP contribution in [0.2, 0.25) is 0 Å². The number of carboxylic acids is 1. The molecule has 0 atom stereocenters. The predicted molar refractivity (Wildman–Crippen MR) is 125 cm³/mol. The summed E-state index contributed by atoms with van der Waals surface area (Å²) in [6.07, 6.45) is 12.5. The molecule has 1 amide bonds. The molecular formula is C24H46N4O3. The minimum atomic E-state index is -0.837. The molecule has 0 aliphatic carbocycles. The number of carbonyl (C=O) groups is 2. The molecule has 4 N–H and O–H groups in total. The van der Waals surface area contributed by atoms with Gasteiger partial charge in [0.25, 0.3) is 0 Å². The number of carboxylic acid groups (broad SMARTS) is 1. The van der Waals surface area contributed by atoms with Crippen LogP contribution in [-0.2, 0) is 9.59 Å². The number of rotatable bonds is 15. The van der Waals surface area contributed by atoms with E-state index in [1.807, 2.05) is 0 Å². The van der Waals surface area contributed by atoms with Crippen molar-refractivity contribution in [3.8, 4) is 0 Å². The zero-order valence-corrected chi connectivity index (χ0v) is 19.5. The van der Waals surface area contributed by atoms with E-state index in [9.17, 15) is 9.59 Å². The fourth-order valence-corrected chi connectivity index (χ4v) is 5.03. The van der Waals surface area contributed by atoms with Crippen LogP contribution in [0.5, 0.6) is 0 Å². The Hall–Kier alpha value is -1.18. The monoisotopic (exact) mass is 438 g/mol. The van der Waals surface area contributed by atoms with Gasteiger partial charge in [-0.25, -0.2) is 0 Å². The third kappa shape index (κ3) is 11.9. The summed E-state index contributed by atoms with van der Waals surface area (Å²) >= 11 is 0. The first-order valence-electron chi connectivity index (χ1n) is 12.7. The van der Waals surface area contributed by atoms with Gasteiger partial charge in [0, 0.05) is 19.4 Å². The number of aliphatic carboxylic acids is 1. The van der Waals surface area contributed by atoms with Gasteiger partial charge < -0.3 is 26.0 Å². The Balaban J connectivity index is 1.42. The number of amides is 1. The summed E-state index contributed by atoms with van der Waals surface area (Å²) in [5.41, 5.74) is 5.62. The molecular weight excluding hydrogens is 392 g/mol. The number of piperidine rings is 2. The Bertz CT molecular complexity index is 501. The van der Waals surface area contributed by atoms with Crippen LogP contribution >= 0.6 is 0 Å². The highest BCUT2D eigenvalue weighted by Crippen LogP contribution is 2.27. The number of likely N-dealkylation sites (tertiary alicyclic amines) is 2. The predicted octanol–water partition coefficient (Wildman–Crippen LogP) is 2.69. The Morgan fingerprint density at radius 3 is 1.87 bits per heavy atom. The SMILES string of the molecule is NCCCN1CCC(CCCC2CCN(CCCNC(=O)CCCC(=O)O)CC2)CC1. The molecule has 0 radical (unpaired) electrons. The summed E-state index contributed by atoms with van der Waals surface area (Å²) in [4.78, 5) is 27.3. The number of nitrogens with two attached hydrogens (primary N) is 1. The lowest BCUT2D eigenvalue weighted by Crippen LogP contribution is -2.36. The van der Waals surface area contributed by atoms with Crippen LogP contribution in [-0.4, -0.2) is 79.1 Å². The summed E-state index contributed by atoms with van der Waals surface area (Å²) < 4.78 is 0. The minimum absolute atomic E-state index is 0.0267. The average Bonchev–Trinajstić information content (AvgIpc) is 2.77. The molecule has 0 spiro atoms. The van der Waals surface area contributed by atoms with E-state index in [1.54, 1.807) is 0 Å². The molecule has 2 aliphatic rings. The molecule has 0 aromatic carbocycles. The van der Waals surface area contributed by atoms with E-state index < -0.39 is 5.97 Å². The maximum Gasteiger partial charge on any atom is 0.303 e. The Kier molecular flexibility index (Phi) is 13.1. The van der Waals surface area contributed by atoms with E-state index in [1.165, 1.54) is 77.7 Å². The van der Waals surface area contributed by atoms with Gasteiger partial charge in [-0.1, -0.05) is 19.3 Å². The molecule has 0 bridgehead atoms. The highest BCUT2D eigenvalue weighted by Gasteiger charge is 2.21. The second kappa shape index (κ2) is 15.6. The molecule has 2 heterocycles. The van der Waals surface area contributed by atoms with Crippen molar-refractivity contribution in [2.45, 2.75) is 77.0 Å². The lowest BCUT2D eigenvalue weighted by Gasteiger charge is -2.33. The summed E-state index contributed by atoms with van der Waals surface area (Å²) in [7, 11) is 0. The lowest BCUT2D eigenvalue weighted by molar-refractivity contribution is -0.137. The normalized spacial score (nSPS) is 19.5. The number of hydrogen-bond donors (Lipinski definition) is 3. The molecule has 180 valence electrons. The molecule has 2 aliphatic heterocycles. The van der Waals surface area contributed by atoms with Crippen LogP contribution in [0.15, 0.2) is 0 Å². The summed E-state index contributed by atoms with van der Waals surface area (Å²) in [6.45, 7) is 8.65. The van der Waals surface area contributed by atoms with Crippen molar-refractivity contribution in [2.75, 3.05) is 52.4 Å². The first-order chi connectivity index (χ1) is 15.1. The van der Waals surface area contributed by atoms with Gasteiger partial charge in [0.1, 0.15) is 0 Å². The van der Waals surface area contributed by atoms with E-state index in [0.29, 0.717) is 19.4 Å². The maximum absolute atomic E-state index is 11.7. The van der Waals surface area contributed by atoms with Crippen molar-refractivity contribution in [3.63, 3.8) is 0 Å². The fraction of sp³-hybridized carbons (Fsp3) is 0.917. The van der Waals surface area contributed by atoms with Gasteiger partial charge in [-0.05, 0) is 103 Å². The van der Waals surface area contributed by atoms with E-state index in [-0.39, 0.29) is 12.3 Å². The Morgan fingerprint density at radius 1 is 0.806 bits per heavy atom. The number of carbonyl (C=O) groups excluding carboxylic acids is 1. The fourth-order valence-electron chi connectivity index (χ4n) is 5.03. The molecule has 7 nitrogen and oxygen atoms in total. The number of nitrogens with zero attached hydrogens (tertiary/aromatic N) is 2. The van der Waals surface area contributed by atoms with Crippen molar-refractivity contribution in [2.24, 2.45) is 17.6 Å². The highest BCUT2D eigenvalue weighted by atomic mass is 16.4. The first kappa shape index (κ1) is 26.1. The van der Waals surface area contributed by atoms with Gasteiger partial charge in [0.2, 0.25) is 5.91 Å². The summed E-state index contributed by atoms with van der Waals surface area (Å²) in [6, 6.07) is 0. The maximum atomic E-state index is 11.7. The van der Waals surface area contributed by atoms with Crippen LogP contribution in [0.1, 0.15) is 77.0 Å². The van der Waals surface area contributed by atoms with Crippen LogP contribution in [0.4, 0.5) is 0 Å². The molecule has 0 saturated carbocycles. The van der Waals surface area contributed by atoms with Crippen molar-refractivity contribution in [3.05, 3.63) is 0 Å². The largest absolute Gasteiger partial charge is 0.481 e. The molecule has 0 unspecified atom stereocenters. The van der Waals surface area contributed by atoms with Crippen LogP contribution in [0.25, 0.3) is 0 Å². The molecule has 2 rings (SSSR count). The number of hydrogen-bond acceptors (Lipinski definition) is 5. The molecule has 31 heavy (non-hydrogen) atoms.